The number of hydrogen-bond donors (Lipinski definition) is 0. The van der Waals surface area contributed by atoms with Gasteiger partial charge in [-0.1, -0.05) is 30.3 Å². The number of likely N-dealkylation sites (tertiary alicyclic amines) is 1. The van der Waals surface area contributed by atoms with E-state index in [1.54, 1.807) is 0 Å². The molecule has 0 saturated carbocycles. The first-order valence-corrected chi connectivity index (χ1v) is 9.85. The Bertz CT molecular complexity index is 780. The second-order valence-electron chi connectivity index (χ2n) is 7.44. The molecular weight excluding hydrogens is 338 g/mol. The van der Waals surface area contributed by atoms with Crippen LogP contribution in [0.2, 0.25) is 0 Å². The number of piperazine rings is 1. The Morgan fingerprint density at radius 1 is 0.963 bits per heavy atom. The zero-order valence-electron chi connectivity index (χ0n) is 16.0. The van der Waals surface area contributed by atoms with Crippen molar-refractivity contribution in [3.63, 3.8) is 0 Å². The second kappa shape index (κ2) is 8.05. The van der Waals surface area contributed by atoms with Crippen molar-refractivity contribution in [3.8, 4) is 0 Å². The number of amides is 1. The smallest absolute Gasteiger partial charge is 0.272 e. The van der Waals surface area contributed by atoms with Crippen LogP contribution < -0.4 is 4.90 Å². The van der Waals surface area contributed by atoms with E-state index >= 15 is 0 Å². The zero-order valence-corrected chi connectivity index (χ0v) is 16.0. The summed E-state index contributed by atoms with van der Waals surface area (Å²) in [5.41, 5.74) is 2.73. The fourth-order valence-electron chi connectivity index (χ4n) is 3.83. The van der Waals surface area contributed by atoms with Gasteiger partial charge in [0.15, 0.2) is 0 Å². The topological polar surface area (TPSA) is 52.6 Å². The predicted octanol–water partition coefficient (Wildman–Crippen LogP) is 2.34. The number of nitrogens with zero attached hydrogens (tertiary/aromatic N) is 5. The highest BCUT2D eigenvalue weighted by molar-refractivity contribution is 5.92. The van der Waals surface area contributed by atoms with Gasteiger partial charge in [-0.05, 0) is 31.4 Å². The Labute approximate surface area is 160 Å². The van der Waals surface area contributed by atoms with E-state index in [1.807, 2.05) is 17.9 Å². The van der Waals surface area contributed by atoms with Gasteiger partial charge >= 0.3 is 0 Å². The average molecular weight is 365 g/mol. The number of carbonyl (C=O) groups excluding carboxylic acids is 1. The van der Waals surface area contributed by atoms with Crippen LogP contribution in [0.1, 0.15) is 34.6 Å². The minimum atomic E-state index is 0.0435. The molecule has 0 radical (unpaired) electrons. The van der Waals surface area contributed by atoms with E-state index in [9.17, 15) is 4.79 Å². The molecule has 0 unspecified atom stereocenters. The molecule has 2 aliphatic rings. The molecule has 6 heteroatoms. The van der Waals surface area contributed by atoms with E-state index in [4.69, 9.17) is 0 Å². The van der Waals surface area contributed by atoms with Gasteiger partial charge < -0.3 is 9.80 Å². The molecule has 2 aliphatic heterocycles. The molecule has 2 fully saturated rings. The summed E-state index contributed by atoms with van der Waals surface area (Å²) in [5.74, 6) is 0.735. The molecule has 0 N–H and O–H groups in total. The summed E-state index contributed by atoms with van der Waals surface area (Å²) in [6.07, 6.45) is 2.18. The number of aromatic nitrogens is 2. The summed E-state index contributed by atoms with van der Waals surface area (Å²) in [4.78, 5) is 28.5. The lowest BCUT2D eigenvalue weighted by molar-refractivity contribution is 0.0786. The van der Waals surface area contributed by atoms with Crippen LogP contribution in [-0.2, 0) is 6.54 Å². The Morgan fingerprint density at radius 3 is 2.37 bits per heavy atom. The second-order valence-corrected chi connectivity index (χ2v) is 7.44. The fourth-order valence-corrected chi connectivity index (χ4v) is 3.83. The molecule has 0 bridgehead atoms. The van der Waals surface area contributed by atoms with Crippen LogP contribution in [0, 0.1) is 6.92 Å². The van der Waals surface area contributed by atoms with Crippen LogP contribution in [0.15, 0.2) is 36.4 Å². The van der Waals surface area contributed by atoms with E-state index in [2.05, 4.69) is 50.1 Å². The summed E-state index contributed by atoms with van der Waals surface area (Å²) in [5, 5.41) is 0. The number of benzene rings is 1. The van der Waals surface area contributed by atoms with Gasteiger partial charge in [-0.25, -0.2) is 9.97 Å². The lowest BCUT2D eigenvalue weighted by atomic mass is 10.2. The minimum absolute atomic E-state index is 0.0435. The van der Waals surface area contributed by atoms with Crippen molar-refractivity contribution in [2.24, 2.45) is 0 Å². The van der Waals surface area contributed by atoms with Crippen molar-refractivity contribution in [1.82, 2.24) is 19.8 Å². The predicted molar refractivity (Wildman–Crippen MR) is 106 cm³/mol. The van der Waals surface area contributed by atoms with Gasteiger partial charge in [-0.15, -0.1) is 0 Å². The van der Waals surface area contributed by atoms with Crippen molar-refractivity contribution < 1.29 is 4.79 Å². The maximum Gasteiger partial charge on any atom is 0.272 e. The Balaban J connectivity index is 1.41. The third kappa shape index (κ3) is 4.27. The quantitative estimate of drug-likeness (QED) is 0.832. The molecule has 2 aromatic rings. The highest BCUT2D eigenvalue weighted by atomic mass is 16.2. The van der Waals surface area contributed by atoms with Gasteiger partial charge in [0.05, 0.1) is 0 Å². The number of carbonyl (C=O) groups is 1. The van der Waals surface area contributed by atoms with Crippen molar-refractivity contribution in [1.29, 1.82) is 0 Å². The summed E-state index contributed by atoms with van der Waals surface area (Å²) in [6, 6.07) is 12.4. The highest BCUT2D eigenvalue weighted by Crippen LogP contribution is 2.17. The van der Waals surface area contributed by atoms with Gasteiger partial charge in [0.2, 0.25) is 5.95 Å². The SMILES string of the molecule is Cc1cc(C(=O)N2CCCC2)nc(N2CCN(Cc3ccccc3)CC2)n1. The van der Waals surface area contributed by atoms with Gasteiger partial charge in [0.25, 0.3) is 5.91 Å². The van der Waals surface area contributed by atoms with Crippen LogP contribution >= 0.6 is 0 Å². The molecular formula is C21H27N5O. The molecule has 0 atom stereocenters. The monoisotopic (exact) mass is 365 g/mol. The third-order valence-corrected chi connectivity index (χ3v) is 5.36. The van der Waals surface area contributed by atoms with Gasteiger partial charge in [0.1, 0.15) is 5.69 Å². The summed E-state index contributed by atoms with van der Waals surface area (Å²) in [6.45, 7) is 8.31. The third-order valence-electron chi connectivity index (χ3n) is 5.36. The molecule has 3 heterocycles. The van der Waals surface area contributed by atoms with Crippen LogP contribution in [-0.4, -0.2) is 64.9 Å². The van der Waals surface area contributed by atoms with E-state index in [0.29, 0.717) is 11.6 Å². The minimum Gasteiger partial charge on any atom is -0.338 e. The van der Waals surface area contributed by atoms with Crippen molar-refractivity contribution in [2.45, 2.75) is 26.3 Å². The first-order chi connectivity index (χ1) is 13.2. The van der Waals surface area contributed by atoms with Crippen LogP contribution in [0.4, 0.5) is 5.95 Å². The normalized spacial score (nSPS) is 18.1. The lowest BCUT2D eigenvalue weighted by Crippen LogP contribution is -2.46. The van der Waals surface area contributed by atoms with E-state index < -0.39 is 0 Å². The maximum atomic E-state index is 12.7. The average Bonchev–Trinajstić information content (AvgIpc) is 3.23. The van der Waals surface area contributed by atoms with Crippen molar-refractivity contribution >= 4 is 11.9 Å². The molecule has 4 rings (SSSR count). The lowest BCUT2D eigenvalue weighted by Gasteiger charge is -2.35. The first kappa shape index (κ1) is 17.9. The van der Waals surface area contributed by atoms with Crippen molar-refractivity contribution in [2.75, 3.05) is 44.2 Å². The number of hydrogen-bond acceptors (Lipinski definition) is 5. The zero-order chi connectivity index (χ0) is 18.6. The summed E-state index contributed by atoms with van der Waals surface area (Å²) >= 11 is 0. The molecule has 142 valence electrons. The number of anilines is 1. The molecule has 0 spiro atoms. The summed E-state index contributed by atoms with van der Waals surface area (Å²) in [7, 11) is 0. The first-order valence-electron chi connectivity index (χ1n) is 9.85. The molecule has 2 saturated heterocycles. The largest absolute Gasteiger partial charge is 0.338 e. The van der Waals surface area contributed by atoms with Gasteiger partial charge in [-0.3, -0.25) is 9.69 Å². The van der Waals surface area contributed by atoms with Gasteiger partial charge in [0, 0.05) is 51.5 Å². The van der Waals surface area contributed by atoms with Crippen LogP contribution in [0.3, 0.4) is 0 Å². The van der Waals surface area contributed by atoms with E-state index in [-0.39, 0.29) is 5.91 Å². The Hall–Kier alpha value is -2.47. The molecule has 1 amide bonds. The molecule has 6 nitrogen and oxygen atoms in total. The summed E-state index contributed by atoms with van der Waals surface area (Å²) < 4.78 is 0. The standard InChI is InChI=1S/C21H27N5O/c1-17-15-19(20(27)25-9-5-6-10-25)23-21(22-17)26-13-11-24(12-14-26)16-18-7-3-2-4-8-18/h2-4,7-8,15H,5-6,9-14,16H2,1H3. The Kier molecular flexibility index (Phi) is 5.34. The number of rotatable bonds is 4. The molecule has 1 aromatic carbocycles. The number of aryl methyl sites for hydroxylation is 1. The molecule has 0 aliphatic carbocycles. The maximum absolute atomic E-state index is 12.7. The van der Waals surface area contributed by atoms with E-state index in [1.165, 1.54) is 5.56 Å². The fraction of sp³-hybridized carbons (Fsp3) is 0.476. The van der Waals surface area contributed by atoms with Crippen LogP contribution in [0.5, 0.6) is 0 Å². The molecule has 1 aromatic heterocycles. The van der Waals surface area contributed by atoms with Crippen LogP contribution in [0.25, 0.3) is 0 Å². The van der Waals surface area contributed by atoms with E-state index in [0.717, 1.165) is 64.3 Å². The van der Waals surface area contributed by atoms with Crippen molar-refractivity contribution in [3.05, 3.63) is 53.3 Å². The van der Waals surface area contributed by atoms with Gasteiger partial charge in [-0.2, -0.15) is 0 Å². The highest BCUT2D eigenvalue weighted by Gasteiger charge is 2.24. The molecule has 27 heavy (non-hydrogen) atoms. The Morgan fingerprint density at radius 2 is 1.67 bits per heavy atom.